The van der Waals surface area contributed by atoms with Crippen LogP contribution < -0.4 is 10.6 Å². The summed E-state index contributed by atoms with van der Waals surface area (Å²) in [6.45, 7) is 10.4. The topological polar surface area (TPSA) is 79.3 Å². The molecule has 10 heteroatoms. The summed E-state index contributed by atoms with van der Waals surface area (Å²) in [6, 6.07) is 13.9. The lowest BCUT2D eigenvalue weighted by molar-refractivity contribution is -0.116. The zero-order valence-electron chi connectivity index (χ0n) is 20.9. The maximum Gasteiger partial charge on any atom is 0.322 e. The first kappa shape index (κ1) is 28.0. The number of halogens is 3. The predicted octanol–water partition coefficient (Wildman–Crippen LogP) is 7.37. The molecule has 0 atom stereocenters. The van der Waals surface area contributed by atoms with Crippen molar-refractivity contribution in [2.45, 2.75) is 40.0 Å². The van der Waals surface area contributed by atoms with Gasteiger partial charge in [-0.1, -0.05) is 73.8 Å². The molecule has 1 heterocycles. The number of hydrogen-bond donors (Lipinski definition) is 2. The summed E-state index contributed by atoms with van der Waals surface area (Å²) in [5.74, 6) is 0.298. The van der Waals surface area contributed by atoms with Crippen molar-refractivity contribution in [3.63, 3.8) is 0 Å². The Hall–Kier alpha value is -2.55. The fourth-order valence-corrected chi connectivity index (χ4v) is 3.96. The molecule has 36 heavy (non-hydrogen) atoms. The average molecular weight is 595 g/mol. The van der Waals surface area contributed by atoms with Crippen LogP contribution in [0.15, 0.2) is 53.0 Å². The number of nitrogens with zero attached hydrogens (tertiary/aromatic N) is 3. The van der Waals surface area contributed by atoms with Crippen LogP contribution in [-0.2, 0) is 10.2 Å². The predicted molar refractivity (Wildman–Crippen MR) is 150 cm³/mol. The van der Waals surface area contributed by atoms with E-state index in [4.69, 9.17) is 28.3 Å². The maximum absolute atomic E-state index is 13.1. The van der Waals surface area contributed by atoms with Crippen molar-refractivity contribution in [2.75, 3.05) is 23.7 Å². The van der Waals surface area contributed by atoms with E-state index in [9.17, 15) is 9.59 Å². The number of nitrogens with one attached hydrogen (secondary N) is 2. The molecule has 3 rings (SSSR count). The van der Waals surface area contributed by atoms with Crippen molar-refractivity contribution in [3.8, 4) is 5.69 Å². The van der Waals surface area contributed by atoms with Crippen LogP contribution in [0.1, 0.15) is 40.3 Å². The smallest absolute Gasteiger partial charge is 0.315 e. The highest BCUT2D eigenvalue weighted by Crippen LogP contribution is 2.29. The number of benzene rings is 2. The first-order valence-electron chi connectivity index (χ1n) is 11.5. The third-order valence-corrected chi connectivity index (χ3v) is 6.46. The summed E-state index contributed by atoms with van der Waals surface area (Å²) < 4.78 is 2.53. The van der Waals surface area contributed by atoms with E-state index in [0.717, 1.165) is 10.2 Å². The van der Waals surface area contributed by atoms with E-state index in [1.165, 1.54) is 4.90 Å². The Morgan fingerprint density at radius 2 is 1.69 bits per heavy atom. The molecule has 0 saturated carbocycles. The van der Waals surface area contributed by atoms with E-state index in [-0.39, 0.29) is 29.8 Å². The Balaban J connectivity index is 1.83. The fourth-order valence-electron chi connectivity index (χ4n) is 3.40. The van der Waals surface area contributed by atoms with Gasteiger partial charge in [0.15, 0.2) is 0 Å². The third-order valence-electron chi connectivity index (χ3n) is 5.20. The Bertz CT molecular complexity index is 1240. The molecule has 0 saturated heterocycles. The van der Waals surface area contributed by atoms with Crippen molar-refractivity contribution in [1.82, 2.24) is 14.7 Å². The van der Waals surface area contributed by atoms with Gasteiger partial charge in [0, 0.05) is 28.2 Å². The van der Waals surface area contributed by atoms with E-state index in [1.807, 2.05) is 52.8 Å². The number of amides is 3. The number of hydrogen-bond acceptors (Lipinski definition) is 3. The normalized spacial score (nSPS) is 11.5. The second-order valence-electron chi connectivity index (χ2n) is 9.93. The number of carbonyl (C=O) groups excluding carboxylic acids is 2. The molecule has 2 N–H and O–H groups in total. The van der Waals surface area contributed by atoms with E-state index >= 15 is 0 Å². The zero-order valence-corrected chi connectivity index (χ0v) is 24.0. The molecule has 3 aromatic rings. The van der Waals surface area contributed by atoms with Gasteiger partial charge in [0.2, 0.25) is 5.91 Å². The molecule has 0 aliphatic carbocycles. The molecule has 0 aliphatic heterocycles. The monoisotopic (exact) mass is 593 g/mol. The summed E-state index contributed by atoms with van der Waals surface area (Å²) in [7, 11) is 0. The minimum atomic E-state index is -0.352. The Labute approximate surface area is 230 Å². The van der Waals surface area contributed by atoms with Gasteiger partial charge in [0.05, 0.1) is 21.4 Å². The van der Waals surface area contributed by atoms with E-state index in [0.29, 0.717) is 33.8 Å². The molecule has 1 aromatic heterocycles. The summed E-state index contributed by atoms with van der Waals surface area (Å²) in [5.41, 5.74) is 1.83. The first-order chi connectivity index (χ1) is 16.8. The maximum atomic E-state index is 13.1. The van der Waals surface area contributed by atoms with Gasteiger partial charge in [-0.25, -0.2) is 9.48 Å². The molecule has 0 bridgehead atoms. The molecular formula is C26H30BrCl2N5O2. The van der Waals surface area contributed by atoms with Gasteiger partial charge >= 0.3 is 6.03 Å². The van der Waals surface area contributed by atoms with E-state index in [2.05, 4.69) is 26.6 Å². The van der Waals surface area contributed by atoms with Crippen molar-refractivity contribution in [3.05, 3.63) is 68.7 Å². The van der Waals surface area contributed by atoms with Gasteiger partial charge in [-0.3, -0.25) is 4.79 Å². The van der Waals surface area contributed by atoms with Crippen molar-refractivity contribution < 1.29 is 9.59 Å². The molecule has 0 fully saturated rings. The standard InChI is InChI=1S/C26H30BrCl2N5O2/c1-16(2)14-33(25(36)30-18-8-6-17(27)7-9-18)15-24(35)31-23-13-22(26(3,4)5)32-34(23)19-10-11-20(28)21(29)12-19/h6-13,16H,14-15H2,1-5H3,(H,30,36)(H,31,35). The highest BCUT2D eigenvalue weighted by Gasteiger charge is 2.24. The summed E-state index contributed by atoms with van der Waals surface area (Å²) >= 11 is 15.7. The lowest BCUT2D eigenvalue weighted by atomic mass is 9.92. The second-order valence-corrected chi connectivity index (χ2v) is 11.7. The van der Waals surface area contributed by atoms with E-state index in [1.54, 1.807) is 35.0 Å². The van der Waals surface area contributed by atoms with Crippen LogP contribution in [0.25, 0.3) is 5.69 Å². The van der Waals surface area contributed by atoms with Crippen LogP contribution in [0, 0.1) is 5.92 Å². The highest BCUT2D eigenvalue weighted by molar-refractivity contribution is 9.10. The van der Waals surface area contributed by atoms with Crippen LogP contribution in [0.3, 0.4) is 0 Å². The van der Waals surface area contributed by atoms with Crippen molar-refractivity contribution >= 4 is 62.6 Å². The average Bonchev–Trinajstić information content (AvgIpc) is 3.20. The first-order valence-corrected chi connectivity index (χ1v) is 13.1. The zero-order chi connectivity index (χ0) is 26.6. The van der Waals surface area contributed by atoms with Gasteiger partial charge < -0.3 is 15.5 Å². The Morgan fingerprint density at radius 1 is 1.03 bits per heavy atom. The molecular weight excluding hydrogens is 565 g/mol. The molecule has 0 aliphatic rings. The minimum absolute atomic E-state index is 0.127. The minimum Gasteiger partial charge on any atom is -0.315 e. The van der Waals surface area contributed by atoms with Crippen LogP contribution in [-0.4, -0.2) is 39.7 Å². The second kappa shape index (κ2) is 11.7. The number of carbonyl (C=O) groups is 2. The van der Waals surface area contributed by atoms with E-state index < -0.39 is 0 Å². The number of aromatic nitrogens is 2. The SMILES string of the molecule is CC(C)CN(CC(=O)Nc1cc(C(C)(C)C)nn1-c1ccc(Cl)c(Cl)c1)C(=O)Nc1ccc(Br)cc1. The molecule has 2 aromatic carbocycles. The number of urea groups is 1. The van der Waals surface area contributed by atoms with Crippen LogP contribution >= 0.6 is 39.1 Å². The molecule has 7 nitrogen and oxygen atoms in total. The highest BCUT2D eigenvalue weighted by atomic mass is 79.9. The van der Waals surface area contributed by atoms with Gasteiger partial charge in [0.1, 0.15) is 12.4 Å². The lowest BCUT2D eigenvalue weighted by Gasteiger charge is -2.24. The van der Waals surface area contributed by atoms with Crippen LogP contribution in [0.4, 0.5) is 16.3 Å². The van der Waals surface area contributed by atoms with Gasteiger partial charge in [0.25, 0.3) is 0 Å². The number of rotatable bonds is 7. The largest absolute Gasteiger partial charge is 0.322 e. The van der Waals surface area contributed by atoms with Gasteiger partial charge in [-0.15, -0.1) is 0 Å². The van der Waals surface area contributed by atoms with Crippen molar-refractivity contribution in [2.24, 2.45) is 5.92 Å². The van der Waals surface area contributed by atoms with Gasteiger partial charge in [-0.05, 0) is 48.4 Å². The van der Waals surface area contributed by atoms with Crippen LogP contribution in [0.2, 0.25) is 10.0 Å². The molecule has 192 valence electrons. The molecule has 3 amide bonds. The Kier molecular flexibility index (Phi) is 9.08. The Morgan fingerprint density at radius 3 is 2.28 bits per heavy atom. The van der Waals surface area contributed by atoms with Crippen molar-refractivity contribution in [1.29, 1.82) is 0 Å². The summed E-state index contributed by atoms with van der Waals surface area (Å²) in [4.78, 5) is 27.6. The number of anilines is 2. The summed E-state index contributed by atoms with van der Waals surface area (Å²) in [5, 5.41) is 11.3. The molecule has 0 unspecified atom stereocenters. The molecule has 0 spiro atoms. The summed E-state index contributed by atoms with van der Waals surface area (Å²) in [6.07, 6.45) is 0. The van der Waals surface area contributed by atoms with Crippen LogP contribution in [0.5, 0.6) is 0 Å². The van der Waals surface area contributed by atoms with Gasteiger partial charge in [-0.2, -0.15) is 5.10 Å². The molecule has 0 radical (unpaired) electrons. The quantitative estimate of drug-likeness (QED) is 0.300. The fraction of sp³-hybridized carbons (Fsp3) is 0.346. The third kappa shape index (κ3) is 7.48. The lowest BCUT2D eigenvalue weighted by Crippen LogP contribution is -2.42.